The number of rotatable bonds is 8. The van der Waals surface area contributed by atoms with Crippen molar-refractivity contribution in [2.75, 3.05) is 26.4 Å². The summed E-state index contributed by atoms with van der Waals surface area (Å²) < 4.78 is 30.8. The Morgan fingerprint density at radius 1 is 0.850 bits per heavy atom. The third kappa shape index (κ3) is 3.70. The Labute approximate surface area is 125 Å². The van der Waals surface area contributed by atoms with Crippen LogP contribution in [0.25, 0.3) is 0 Å². The van der Waals surface area contributed by atoms with Crippen LogP contribution in [0.2, 0.25) is 6.04 Å². The van der Waals surface area contributed by atoms with E-state index in [0.29, 0.717) is 26.4 Å². The van der Waals surface area contributed by atoms with E-state index < -0.39 is 16.4 Å². The second kappa shape index (κ2) is 7.48. The number of hydrogen-bond donors (Lipinski definition) is 0. The molecule has 0 aromatic carbocycles. The zero-order valence-corrected chi connectivity index (χ0v) is 15.8. The predicted molar refractivity (Wildman–Crippen MR) is 82.6 cm³/mol. The van der Waals surface area contributed by atoms with Crippen molar-refractivity contribution in [1.82, 2.24) is 0 Å². The normalized spacial score (nSPS) is 23.7. The van der Waals surface area contributed by atoms with Crippen LogP contribution in [-0.2, 0) is 22.1 Å². The van der Waals surface area contributed by atoms with Gasteiger partial charge in [0.05, 0.1) is 5.60 Å². The molecule has 20 heavy (non-hydrogen) atoms. The zero-order chi connectivity index (χ0) is 15.3. The van der Waals surface area contributed by atoms with Crippen LogP contribution in [0.1, 0.15) is 48.0 Å². The molecule has 0 aliphatic carbocycles. The Hall–Kier alpha value is 0.234. The lowest BCUT2D eigenvalue weighted by Crippen LogP contribution is -2.76. The lowest BCUT2D eigenvalue weighted by Gasteiger charge is -2.49. The topological polar surface area (TPSA) is 46.2 Å². The molecule has 7 heteroatoms. The molecule has 0 saturated carbocycles. The van der Waals surface area contributed by atoms with Gasteiger partial charge in [-0.3, -0.25) is 0 Å². The zero-order valence-electron chi connectivity index (χ0n) is 13.8. The molecule has 0 aromatic heterocycles. The SMILES string of the molecule is CCO[Si]1(OCC)CCC(C)(C)O[Si]1(OCC)OCC. The van der Waals surface area contributed by atoms with Crippen LogP contribution in [0.5, 0.6) is 0 Å². The molecule has 0 radical (unpaired) electrons. The molecule has 120 valence electrons. The predicted octanol–water partition coefficient (Wildman–Crippen LogP) is 2.79. The van der Waals surface area contributed by atoms with E-state index in [1.165, 1.54) is 0 Å². The maximum absolute atomic E-state index is 6.37. The van der Waals surface area contributed by atoms with Gasteiger partial charge < -0.3 is 22.1 Å². The van der Waals surface area contributed by atoms with Crippen molar-refractivity contribution in [2.45, 2.75) is 59.6 Å². The highest BCUT2D eigenvalue weighted by molar-refractivity contribution is 7.29. The van der Waals surface area contributed by atoms with E-state index in [4.69, 9.17) is 22.1 Å². The van der Waals surface area contributed by atoms with Crippen LogP contribution in [0.15, 0.2) is 0 Å². The molecular weight excluding hydrogens is 292 g/mol. The molecule has 0 N–H and O–H groups in total. The lowest BCUT2D eigenvalue weighted by molar-refractivity contribution is -0.0250. The summed E-state index contributed by atoms with van der Waals surface area (Å²) in [5.74, 6) is 0. The standard InChI is InChI=1S/C13H30O5Si2/c1-7-14-19(15-8-2)12-11-13(5,6)18-20(19,16-9-3)17-10-4/h7-12H2,1-6H3. The molecule has 5 nitrogen and oxygen atoms in total. The van der Waals surface area contributed by atoms with Gasteiger partial charge in [-0.15, -0.1) is 0 Å². The van der Waals surface area contributed by atoms with E-state index in [1.54, 1.807) is 0 Å². The highest BCUT2D eigenvalue weighted by Gasteiger charge is 2.72. The summed E-state index contributed by atoms with van der Waals surface area (Å²) in [6, 6.07) is 0.869. The van der Waals surface area contributed by atoms with Gasteiger partial charge in [0, 0.05) is 26.4 Å². The van der Waals surface area contributed by atoms with E-state index >= 15 is 0 Å². The maximum atomic E-state index is 6.37. The van der Waals surface area contributed by atoms with Crippen LogP contribution in [0.4, 0.5) is 0 Å². The van der Waals surface area contributed by atoms with Gasteiger partial charge in [-0.1, -0.05) is 0 Å². The van der Waals surface area contributed by atoms with Gasteiger partial charge in [-0.25, -0.2) is 0 Å². The Morgan fingerprint density at radius 2 is 1.30 bits per heavy atom. The van der Waals surface area contributed by atoms with Crippen molar-refractivity contribution in [2.24, 2.45) is 0 Å². The first-order valence-electron chi connectivity index (χ1n) is 7.66. The van der Waals surface area contributed by atoms with Gasteiger partial charge in [0.2, 0.25) is 0 Å². The Morgan fingerprint density at radius 3 is 1.70 bits per heavy atom. The van der Waals surface area contributed by atoms with E-state index in [9.17, 15) is 0 Å². The molecule has 1 aliphatic rings. The van der Waals surface area contributed by atoms with Crippen molar-refractivity contribution in [3.63, 3.8) is 0 Å². The Balaban J connectivity index is 3.19. The van der Waals surface area contributed by atoms with E-state index in [2.05, 4.69) is 13.8 Å². The minimum Gasteiger partial charge on any atom is -0.392 e. The average Bonchev–Trinajstić information content (AvgIpc) is 2.35. The van der Waals surface area contributed by atoms with Gasteiger partial charge in [0.1, 0.15) is 0 Å². The van der Waals surface area contributed by atoms with Crippen molar-refractivity contribution in [3.8, 4) is 0 Å². The first kappa shape index (κ1) is 18.3. The molecule has 0 atom stereocenters. The summed E-state index contributed by atoms with van der Waals surface area (Å²) in [6.45, 7) is 14.4. The first-order chi connectivity index (χ1) is 9.41. The fraction of sp³-hybridized carbons (Fsp3) is 1.00. The molecule has 1 saturated heterocycles. The van der Waals surface area contributed by atoms with Crippen LogP contribution < -0.4 is 0 Å². The van der Waals surface area contributed by atoms with Gasteiger partial charge in [-0.2, -0.15) is 0 Å². The molecule has 1 aliphatic heterocycles. The molecule has 0 spiro atoms. The van der Waals surface area contributed by atoms with E-state index in [1.807, 2.05) is 27.7 Å². The third-order valence-electron chi connectivity index (χ3n) is 3.36. The first-order valence-corrected chi connectivity index (χ1v) is 12.4. The monoisotopic (exact) mass is 322 g/mol. The molecule has 1 rings (SSSR count). The Kier molecular flexibility index (Phi) is 6.84. The molecule has 0 bridgehead atoms. The summed E-state index contributed by atoms with van der Waals surface area (Å²) in [5, 5.41) is 0. The Bertz CT molecular complexity index is 286. The average molecular weight is 323 g/mol. The van der Waals surface area contributed by atoms with Crippen LogP contribution in [0, 0.1) is 0 Å². The van der Waals surface area contributed by atoms with E-state index in [0.717, 1.165) is 12.5 Å². The minimum absolute atomic E-state index is 0.249. The maximum Gasteiger partial charge on any atom is 0.539 e. The summed E-state index contributed by atoms with van der Waals surface area (Å²) in [7, 11) is -5.57. The fourth-order valence-corrected chi connectivity index (χ4v) is 14.6. The van der Waals surface area contributed by atoms with Crippen molar-refractivity contribution in [1.29, 1.82) is 0 Å². The van der Waals surface area contributed by atoms with Gasteiger partial charge in [0.15, 0.2) is 0 Å². The van der Waals surface area contributed by atoms with E-state index in [-0.39, 0.29) is 5.60 Å². The smallest absolute Gasteiger partial charge is 0.392 e. The van der Waals surface area contributed by atoms with Crippen molar-refractivity contribution in [3.05, 3.63) is 0 Å². The molecular formula is C13H30O5Si2. The summed E-state index contributed by atoms with van der Waals surface area (Å²) in [4.78, 5) is 0. The van der Waals surface area contributed by atoms with Crippen LogP contribution in [0.3, 0.4) is 0 Å². The molecule has 0 amide bonds. The molecule has 1 fully saturated rings. The number of hydrogen-bond acceptors (Lipinski definition) is 5. The minimum atomic E-state index is -2.95. The van der Waals surface area contributed by atoms with Gasteiger partial charge >= 0.3 is 16.4 Å². The van der Waals surface area contributed by atoms with Crippen molar-refractivity contribution >= 4 is 16.4 Å². The molecule has 1 heterocycles. The van der Waals surface area contributed by atoms with Crippen molar-refractivity contribution < 1.29 is 22.1 Å². The van der Waals surface area contributed by atoms with Gasteiger partial charge in [0.25, 0.3) is 0 Å². The highest BCUT2D eigenvalue weighted by Crippen LogP contribution is 2.41. The lowest BCUT2D eigenvalue weighted by atomic mass is 10.1. The summed E-state index contributed by atoms with van der Waals surface area (Å²) >= 11 is 0. The third-order valence-corrected chi connectivity index (χ3v) is 14.5. The molecule has 0 unspecified atom stereocenters. The fourth-order valence-electron chi connectivity index (χ4n) is 2.64. The summed E-state index contributed by atoms with van der Waals surface area (Å²) in [5.41, 5.74) is -0.249. The quantitative estimate of drug-likeness (QED) is 0.643. The van der Waals surface area contributed by atoms with Crippen LogP contribution >= 0.6 is 0 Å². The van der Waals surface area contributed by atoms with Crippen LogP contribution in [-0.4, -0.2) is 48.4 Å². The molecule has 0 aromatic rings. The second-order valence-electron chi connectivity index (χ2n) is 5.40. The second-order valence-corrected chi connectivity index (χ2v) is 14.0. The highest BCUT2D eigenvalue weighted by atomic mass is 29.3. The summed E-state index contributed by atoms with van der Waals surface area (Å²) in [6.07, 6.45) is 0.911. The largest absolute Gasteiger partial charge is 0.539 e. The van der Waals surface area contributed by atoms with Gasteiger partial charge in [-0.05, 0) is 54.0 Å².